The molecule has 2 aromatic carbocycles. The normalized spacial score (nSPS) is 11.6. The van der Waals surface area contributed by atoms with Gasteiger partial charge in [-0.1, -0.05) is 61.5 Å². The van der Waals surface area contributed by atoms with Crippen LogP contribution in [0.3, 0.4) is 0 Å². The van der Waals surface area contributed by atoms with Crippen molar-refractivity contribution in [1.82, 2.24) is 5.32 Å². The summed E-state index contributed by atoms with van der Waals surface area (Å²) < 4.78 is 27.8. The molecule has 106 valence electrons. The zero-order valence-corrected chi connectivity index (χ0v) is 11.6. The summed E-state index contributed by atoms with van der Waals surface area (Å²) in [5.74, 6) is -2.84. The Morgan fingerprint density at radius 1 is 0.900 bits per heavy atom. The lowest BCUT2D eigenvalue weighted by molar-refractivity contribution is -0.00343. The molecule has 0 aliphatic carbocycles. The molecule has 0 bridgehead atoms. The SMILES string of the molecule is CCc1ccc(CNCC(F)(F)c2ccccc2)cc1. The summed E-state index contributed by atoms with van der Waals surface area (Å²) >= 11 is 0. The predicted octanol–water partition coefficient (Wildman–Crippen LogP) is 4.13. The van der Waals surface area contributed by atoms with Crippen molar-refractivity contribution in [2.75, 3.05) is 6.54 Å². The second kappa shape index (κ2) is 6.62. The molecule has 3 heteroatoms. The van der Waals surface area contributed by atoms with Gasteiger partial charge in [0, 0.05) is 12.1 Å². The molecule has 2 rings (SSSR count). The fourth-order valence-electron chi connectivity index (χ4n) is 2.04. The van der Waals surface area contributed by atoms with Gasteiger partial charge in [0.1, 0.15) is 0 Å². The lowest BCUT2D eigenvalue weighted by Gasteiger charge is -2.17. The molecule has 0 aromatic heterocycles. The van der Waals surface area contributed by atoms with Crippen molar-refractivity contribution < 1.29 is 8.78 Å². The Morgan fingerprint density at radius 2 is 1.50 bits per heavy atom. The van der Waals surface area contributed by atoms with E-state index in [-0.39, 0.29) is 12.1 Å². The van der Waals surface area contributed by atoms with Crippen LogP contribution in [0.4, 0.5) is 8.78 Å². The number of rotatable bonds is 6. The highest BCUT2D eigenvalue weighted by Crippen LogP contribution is 2.26. The molecule has 0 heterocycles. The number of halogens is 2. The fraction of sp³-hybridized carbons (Fsp3) is 0.294. The van der Waals surface area contributed by atoms with Gasteiger partial charge in [-0.05, 0) is 17.5 Å². The number of nitrogens with one attached hydrogen (secondary N) is 1. The first-order chi connectivity index (χ1) is 9.62. The summed E-state index contributed by atoms with van der Waals surface area (Å²) in [5, 5.41) is 2.83. The maximum absolute atomic E-state index is 13.9. The predicted molar refractivity (Wildman–Crippen MR) is 77.9 cm³/mol. The van der Waals surface area contributed by atoms with Gasteiger partial charge in [-0.2, -0.15) is 8.78 Å². The molecule has 1 N–H and O–H groups in total. The molecule has 0 amide bonds. The monoisotopic (exact) mass is 275 g/mol. The number of hydrogen-bond donors (Lipinski definition) is 1. The highest BCUT2D eigenvalue weighted by atomic mass is 19.3. The minimum atomic E-state index is -2.84. The Balaban J connectivity index is 1.88. The first-order valence-corrected chi connectivity index (χ1v) is 6.83. The average molecular weight is 275 g/mol. The lowest BCUT2D eigenvalue weighted by Crippen LogP contribution is -2.30. The van der Waals surface area contributed by atoms with Gasteiger partial charge in [-0.15, -0.1) is 0 Å². The molecule has 0 fully saturated rings. The van der Waals surface area contributed by atoms with Crippen LogP contribution in [0, 0.1) is 0 Å². The number of hydrogen-bond acceptors (Lipinski definition) is 1. The van der Waals surface area contributed by atoms with Gasteiger partial charge in [-0.3, -0.25) is 0 Å². The molecule has 0 spiro atoms. The first kappa shape index (κ1) is 14.7. The van der Waals surface area contributed by atoms with Crippen LogP contribution in [0.15, 0.2) is 54.6 Å². The third kappa shape index (κ3) is 3.87. The zero-order chi connectivity index (χ0) is 14.4. The Kier molecular flexibility index (Phi) is 4.85. The second-order valence-corrected chi connectivity index (χ2v) is 4.84. The largest absolute Gasteiger partial charge is 0.307 e. The summed E-state index contributed by atoms with van der Waals surface area (Å²) in [7, 11) is 0. The smallest absolute Gasteiger partial charge is 0.285 e. The van der Waals surface area contributed by atoms with E-state index >= 15 is 0 Å². The standard InChI is InChI=1S/C17H19F2N/c1-2-14-8-10-15(11-9-14)12-20-13-17(18,19)16-6-4-3-5-7-16/h3-11,20H,2,12-13H2,1H3. The van der Waals surface area contributed by atoms with Gasteiger partial charge < -0.3 is 5.32 Å². The van der Waals surface area contributed by atoms with E-state index in [0.717, 1.165) is 12.0 Å². The first-order valence-electron chi connectivity index (χ1n) is 6.83. The topological polar surface area (TPSA) is 12.0 Å². The summed E-state index contributed by atoms with van der Waals surface area (Å²) in [6, 6.07) is 15.9. The van der Waals surface area contributed by atoms with Crippen LogP contribution in [-0.4, -0.2) is 6.54 Å². The van der Waals surface area contributed by atoms with Gasteiger partial charge in [0.25, 0.3) is 5.92 Å². The van der Waals surface area contributed by atoms with Crippen LogP contribution in [0.25, 0.3) is 0 Å². The Hall–Kier alpha value is -1.74. The van der Waals surface area contributed by atoms with Crippen molar-refractivity contribution in [2.45, 2.75) is 25.8 Å². The molecule has 0 aliphatic heterocycles. The number of benzene rings is 2. The van der Waals surface area contributed by atoms with Crippen LogP contribution in [-0.2, 0) is 18.9 Å². The van der Waals surface area contributed by atoms with E-state index in [9.17, 15) is 8.78 Å². The molecule has 0 unspecified atom stereocenters. The van der Waals surface area contributed by atoms with Gasteiger partial charge >= 0.3 is 0 Å². The second-order valence-electron chi connectivity index (χ2n) is 4.84. The molecule has 2 aromatic rings. The summed E-state index contributed by atoms with van der Waals surface area (Å²) in [6.45, 7) is 2.19. The van der Waals surface area contributed by atoms with E-state index in [1.165, 1.54) is 17.7 Å². The van der Waals surface area contributed by atoms with Gasteiger partial charge in [-0.25, -0.2) is 0 Å². The fourth-order valence-corrected chi connectivity index (χ4v) is 2.04. The lowest BCUT2D eigenvalue weighted by atomic mass is 10.1. The van der Waals surface area contributed by atoms with E-state index in [0.29, 0.717) is 6.54 Å². The summed E-state index contributed by atoms with van der Waals surface area (Å²) in [6.07, 6.45) is 0.986. The van der Waals surface area contributed by atoms with Crippen LogP contribution >= 0.6 is 0 Å². The highest BCUT2D eigenvalue weighted by molar-refractivity contribution is 5.23. The van der Waals surface area contributed by atoms with Crippen LogP contribution in [0.1, 0.15) is 23.6 Å². The molecular formula is C17H19F2N. The minimum absolute atomic E-state index is 0.0498. The third-order valence-corrected chi connectivity index (χ3v) is 3.30. The molecule has 0 aliphatic rings. The maximum Gasteiger partial charge on any atom is 0.285 e. The number of alkyl halides is 2. The Bertz CT molecular complexity index is 520. The molecule has 1 nitrogen and oxygen atoms in total. The molecule has 0 saturated carbocycles. The average Bonchev–Trinajstić information content (AvgIpc) is 2.49. The van der Waals surface area contributed by atoms with E-state index in [1.807, 2.05) is 24.3 Å². The van der Waals surface area contributed by atoms with Crippen LogP contribution in [0.5, 0.6) is 0 Å². The minimum Gasteiger partial charge on any atom is -0.307 e. The van der Waals surface area contributed by atoms with Crippen LogP contribution in [0.2, 0.25) is 0 Å². The molecular weight excluding hydrogens is 256 g/mol. The third-order valence-electron chi connectivity index (χ3n) is 3.30. The summed E-state index contributed by atoms with van der Waals surface area (Å²) in [4.78, 5) is 0. The van der Waals surface area contributed by atoms with Crippen molar-refractivity contribution in [3.8, 4) is 0 Å². The van der Waals surface area contributed by atoms with Crippen molar-refractivity contribution in [1.29, 1.82) is 0 Å². The molecule has 0 radical (unpaired) electrons. The van der Waals surface area contributed by atoms with Crippen molar-refractivity contribution in [3.05, 3.63) is 71.3 Å². The quantitative estimate of drug-likeness (QED) is 0.835. The maximum atomic E-state index is 13.9. The van der Waals surface area contributed by atoms with E-state index in [2.05, 4.69) is 12.2 Å². The molecule has 0 atom stereocenters. The van der Waals surface area contributed by atoms with Gasteiger partial charge in [0.2, 0.25) is 0 Å². The number of aryl methyl sites for hydroxylation is 1. The van der Waals surface area contributed by atoms with E-state index in [1.54, 1.807) is 18.2 Å². The molecule has 20 heavy (non-hydrogen) atoms. The van der Waals surface area contributed by atoms with Crippen molar-refractivity contribution in [3.63, 3.8) is 0 Å². The highest BCUT2D eigenvalue weighted by Gasteiger charge is 2.30. The van der Waals surface area contributed by atoms with Crippen LogP contribution < -0.4 is 5.32 Å². The zero-order valence-electron chi connectivity index (χ0n) is 11.6. The van der Waals surface area contributed by atoms with E-state index in [4.69, 9.17) is 0 Å². The summed E-state index contributed by atoms with van der Waals surface area (Å²) in [5.41, 5.74) is 2.32. The van der Waals surface area contributed by atoms with Gasteiger partial charge in [0.05, 0.1) is 6.54 Å². The Labute approximate surface area is 118 Å². The Morgan fingerprint density at radius 3 is 2.10 bits per heavy atom. The van der Waals surface area contributed by atoms with Crippen molar-refractivity contribution >= 4 is 0 Å². The van der Waals surface area contributed by atoms with Gasteiger partial charge in [0.15, 0.2) is 0 Å². The van der Waals surface area contributed by atoms with E-state index < -0.39 is 5.92 Å². The molecule has 0 saturated heterocycles. The van der Waals surface area contributed by atoms with Crippen molar-refractivity contribution in [2.24, 2.45) is 0 Å².